The van der Waals surface area contributed by atoms with Crippen LogP contribution in [-0.2, 0) is 0 Å². The molecule has 0 amide bonds. The van der Waals surface area contributed by atoms with Gasteiger partial charge in [0.15, 0.2) is 0 Å². The monoisotopic (exact) mass is 360 g/mol. The van der Waals surface area contributed by atoms with Gasteiger partial charge in [-0.05, 0) is 49.2 Å². The second kappa shape index (κ2) is 7.00. The summed E-state index contributed by atoms with van der Waals surface area (Å²) in [5.41, 5.74) is 8.41. The first-order chi connectivity index (χ1) is 13.2. The molecule has 1 aliphatic rings. The van der Waals surface area contributed by atoms with Crippen molar-refractivity contribution in [3.8, 4) is 11.8 Å². The molecular weight excluding hydrogens is 340 g/mol. The van der Waals surface area contributed by atoms with E-state index in [1.807, 2.05) is 18.2 Å². The summed E-state index contributed by atoms with van der Waals surface area (Å²) in [5.74, 6) is 2.15. The van der Waals surface area contributed by atoms with E-state index in [1.54, 1.807) is 25.3 Å². The first kappa shape index (κ1) is 16.9. The van der Waals surface area contributed by atoms with Crippen molar-refractivity contribution in [1.82, 2.24) is 9.97 Å². The summed E-state index contributed by atoms with van der Waals surface area (Å²) in [6.45, 7) is 1.94. The van der Waals surface area contributed by atoms with Gasteiger partial charge in [0.05, 0.1) is 24.3 Å². The summed E-state index contributed by atoms with van der Waals surface area (Å²) in [4.78, 5) is 11.7. The fourth-order valence-electron chi connectivity index (χ4n) is 3.36. The summed E-state index contributed by atoms with van der Waals surface area (Å²) < 4.78 is 5.37. The predicted molar refractivity (Wildman–Crippen MR) is 106 cm³/mol. The number of hydrogen-bond donors (Lipinski definition) is 2. The standard InChI is InChI=1S/C20H20N6O/c1-27-16-4-5-18-17(11-16)19(26-6-2-3-7-26)25-20(24-18)23-15-9-13(12-21)8-14(22)10-15/h4-5,8-11H,2-3,6-7,22H2,1H3,(H,23,24,25). The third kappa shape index (κ3) is 3.42. The van der Waals surface area contributed by atoms with Crippen molar-refractivity contribution in [2.45, 2.75) is 12.8 Å². The molecule has 27 heavy (non-hydrogen) atoms. The zero-order chi connectivity index (χ0) is 18.8. The molecular formula is C20H20N6O. The number of benzene rings is 2. The van der Waals surface area contributed by atoms with E-state index in [9.17, 15) is 0 Å². The van der Waals surface area contributed by atoms with Crippen LogP contribution in [0.4, 0.5) is 23.1 Å². The van der Waals surface area contributed by atoms with Crippen LogP contribution in [-0.4, -0.2) is 30.2 Å². The lowest BCUT2D eigenvalue weighted by Crippen LogP contribution is -2.20. The van der Waals surface area contributed by atoms with Crippen LogP contribution < -0.4 is 20.7 Å². The summed E-state index contributed by atoms with van der Waals surface area (Å²) >= 11 is 0. The number of nitriles is 1. The molecule has 7 heteroatoms. The number of fused-ring (bicyclic) bond motifs is 1. The Labute approximate surface area is 157 Å². The Morgan fingerprint density at radius 1 is 1.15 bits per heavy atom. The van der Waals surface area contributed by atoms with Gasteiger partial charge >= 0.3 is 0 Å². The molecule has 0 unspecified atom stereocenters. The lowest BCUT2D eigenvalue weighted by atomic mass is 10.2. The molecule has 4 rings (SSSR count). The topological polar surface area (TPSA) is 100 Å². The minimum atomic E-state index is 0.476. The molecule has 7 nitrogen and oxygen atoms in total. The number of nitrogens with two attached hydrogens (primary N) is 1. The minimum Gasteiger partial charge on any atom is -0.497 e. The molecule has 1 fully saturated rings. The Morgan fingerprint density at radius 3 is 2.70 bits per heavy atom. The van der Waals surface area contributed by atoms with Gasteiger partial charge in [-0.2, -0.15) is 10.2 Å². The van der Waals surface area contributed by atoms with Crippen molar-refractivity contribution in [2.24, 2.45) is 0 Å². The molecule has 0 saturated carbocycles. The van der Waals surface area contributed by atoms with E-state index in [1.165, 1.54) is 0 Å². The summed E-state index contributed by atoms with van der Waals surface area (Å²) in [5, 5.41) is 13.3. The summed E-state index contributed by atoms with van der Waals surface area (Å²) in [7, 11) is 1.65. The SMILES string of the molecule is COc1ccc2nc(Nc3cc(N)cc(C#N)c3)nc(N3CCCC3)c2c1. The van der Waals surface area contributed by atoms with E-state index in [-0.39, 0.29) is 0 Å². The highest BCUT2D eigenvalue weighted by molar-refractivity contribution is 5.92. The van der Waals surface area contributed by atoms with Crippen LogP contribution in [0.2, 0.25) is 0 Å². The maximum atomic E-state index is 9.15. The average Bonchev–Trinajstić information content (AvgIpc) is 3.21. The van der Waals surface area contributed by atoms with Gasteiger partial charge in [-0.1, -0.05) is 0 Å². The summed E-state index contributed by atoms with van der Waals surface area (Å²) in [6.07, 6.45) is 2.30. The fourth-order valence-corrected chi connectivity index (χ4v) is 3.36. The van der Waals surface area contributed by atoms with Crippen LogP contribution in [0, 0.1) is 11.3 Å². The van der Waals surface area contributed by atoms with Crippen LogP contribution in [0.25, 0.3) is 10.9 Å². The highest BCUT2D eigenvalue weighted by Crippen LogP contribution is 2.31. The first-order valence-electron chi connectivity index (χ1n) is 8.85. The smallest absolute Gasteiger partial charge is 0.229 e. The van der Waals surface area contributed by atoms with Crippen molar-refractivity contribution in [1.29, 1.82) is 5.26 Å². The molecule has 3 N–H and O–H groups in total. The van der Waals surface area contributed by atoms with Crippen LogP contribution in [0.1, 0.15) is 18.4 Å². The second-order valence-corrected chi connectivity index (χ2v) is 6.53. The zero-order valence-corrected chi connectivity index (χ0v) is 15.1. The average molecular weight is 360 g/mol. The van der Waals surface area contributed by atoms with E-state index in [4.69, 9.17) is 20.7 Å². The molecule has 136 valence electrons. The number of anilines is 4. The molecule has 3 aromatic rings. The van der Waals surface area contributed by atoms with Gasteiger partial charge in [0.1, 0.15) is 11.6 Å². The molecule has 0 spiro atoms. The largest absolute Gasteiger partial charge is 0.497 e. The Hall–Kier alpha value is -3.53. The Bertz CT molecular complexity index is 1040. The predicted octanol–water partition coefficient (Wildman–Crippen LogP) is 3.44. The second-order valence-electron chi connectivity index (χ2n) is 6.53. The van der Waals surface area contributed by atoms with E-state index >= 15 is 0 Å². The number of methoxy groups -OCH3 is 1. The van der Waals surface area contributed by atoms with E-state index in [0.29, 0.717) is 22.9 Å². The number of nitrogen functional groups attached to an aromatic ring is 1. The lowest BCUT2D eigenvalue weighted by Gasteiger charge is -2.20. The van der Waals surface area contributed by atoms with Gasteiger partial charge < -0.3 is 20.7 Å². The van der Waals surface area contributed by atoms with Crippen LogP contribution in [0.3, 0.4) is 0 Å². The normalized spacial score (nSPS) is 13.6. The Balaban J connectivity index is 1.79. The van der Waals surface area contributed by atoms with Crippen LogP contribution in [0.15, 0.2) is 36.4 Å². The minimum absolute atomic E-state index is 0.476. The van der Waals surface area contributed by atoms with Crippen molar-refractivity contribution < 1.29 is 4.74 Å². The number of nitrogens with zero attached hydrogens (tertiary/aromatic N) is 4. The van der Waals surface area contributed by atoms with Gasteiger partial charge in [-0.25, -0.2) is 4.98 Å². The number of ether oxygens (including phenoxy) is 1. The van der Waals surface area contributed by atoms with Crippen LogP contribution in [0.5, 0.6) is 5.75 Å². The highest BCUT2D eigenvalue weighted by atomic mass is 16.5. The molecule has 0 atom stereocenters. The molecule has 2 aromatic carbocycles. The molecule has 2 heterocycles. The molecule has 1 aliphatic heterocycles. The maximum Gasteiger partial charge on any atom is 0.229 e. The zero-order valence-electron chi connectivity index (χ0n) is 15.1. The van der Waals surface area contributed by atoms with Crippen LogP contribution >= 0.6 is 0 Å². The molecule has 0 bridgehead atoms. The van der Waals surface area contributed by atoms with Gasteiger partial charge in [-0.3, -0.25) is 0 Å². The molecule has 1 aromatic heterocycles. The maximum absolute atomic E-state index is 9.15. The third-order valence-corrected chi connectivity index (χ3v) is 4.63. The third-order valence-electron chi connectivity index (χ3n) is 4.63. The highest BCUT2D eigenvalue weighted by Gasteiger charge is 2.19. The lowest BCUT2D eigenvalue weighted by molar-refractivity contribution is 0.415. The Morgan fingerprint density at radius 2 is 1.96 bits per heavy atom. The van der Waals surface area contributed by atoms with E-state index in [0.717, 1.165) is 48.4 Å². The quantitative estimate of drug-likeness (QED) is 0.687. The number of rotatable bonds is 4. The van der Waals surface area contributed by atoms with E-state index in [2.05, 4.69) is 21.3 Å². The molecule has 0 radical (unpaired) electrons. The van der Waals surface area contributed by atoms with Gasteiger partial charge in [0, 0.05) is 29.9 Å². The Kier molecular flexibility index (Phi) is 4.38. The van der Waals surface area contributed by atoms with E-state index < -0.39 is 0 Å². The van der Waals surface area contributed by atoms with Crippen molar-refractivity contribution in [3.63, 3.8) is 0 Å². The number of aromatic nitrogens is 2. The number of nitrogens with one attached hydrogen (secondary N) is 1. The van der Waals surface area contributed by atoms with Gasteiger partial charge in [-0.15, -0.1) is 0 Å². The van der Waals surface area contributed by atoms with Gasteiger partial charge in [0.2, 0.25) is 5.95 Å². The molecule has 1 saturated heterocycles. The number of hydrogen-bond acceptors (Lipinski definition) is 7. The van der Waals surface area contributed by atoms with Crippen molar-refractivity contribution >= 4 is 34.0 Å². The van der Waals surface area contributed by atoms with Crippen molar-refractivity contribution in [3.05, 3.63) is 42.0 Å². The fraction of sp³-hybridized carbons (Fsp3) is 0.250. The summed E-state index contributed by atoms with van der Waals surface area (Å²) in [6, 6.07) is 13.0. The molecule has 0 aliphatic carbocycles. The van der Waals surface area contributed by atoms with Crippen molar-refractivity contribution in [2.75, 3.05) is 36.1 Å². The van der Waals surface area contributed by atoms with Gasteiger partial charge in [0.25, 0.3) is 0 Å². The first-order valence-corrected chi connectivity index (χ1v) is 8.85.